The summed E-state index contributed by atoms with van der Waals surface area (Å²) in [5.74, 6) is 1.07. The quantitative estimate of drug-likeness (QED) is 0.399. The molecule has 208 valence electrons. The molecular formula is C31H39N3O5. The molecule has 0 spiro atoms. The lowest BCUT2D eigenvalue weighted by atomic mass is 9.76. The number of benzene rings is 2. The third-order valence-electron chi connectivity index (χ3n) is 7.79. The number of nitrogens with zero attached hydrogens (tertiary/aromatic N) is 2. The number of carbonyl (C=O) groups is 2. The van der Waals surface area contributed by atoms with E-state index in [0.29, 0.717) is 37.6 Å². The molecule has 0 radical (unpaired) electrons. The molecule has 2 aliphatic rings. The second-order valence-electron chi connectivity index (χ2n) is 11.2. The molecule has 0 bridgehead atoms. The van der Waals surface area contributed by atoms with Crippen LogP contribution in [-0.2, 0) is 19.9 Å². The first kappa shape index (κ1) is 27.1. The van der Waals surface area contributed by atoms with E-state index >= 15 is 0 Å². The molecule has 1 aromatic heterocycles. The minimum atomic E-state index is -1.12. The molecule has 1 saturated heterocycles. The molecule has 0 aliphatic carbocycles. The van der Waals surface area contributed by atoms with Crippen LogP contribution in [0.3, 0.4) is 0 Å². The molecule has 0 saturated carbocycles. The topological polar surface area (TPSA) is 84.1 Å². The number of aromatic amines is 1. The van der Waals surface area contributed by atoms with Gasteiger partial charge in [-0.25, -0.2) is 0 Å². The van der Waals surface area contributed by atoms with Crippen LogP contribution in [0.2, 0.25) is 0 Å². The monoisotopic (exact) mass is 533 g/mol. The number of nitrogens with one attached hydrogen (secondary N) is 1. The molecule has 39 heavy (non-hydrogen) atoms. The minimum absolute atomic E-state index is 0.0113. The molecule has 2 unspecified atom stereocenters. The van der Waals surface area contributed by atoms with Gasteiger partial charge in [0.1, 0.15) is 0 Å². The van der Waals surface area contributed by atoms with E-state index in [9.17, 15) is 9.59 Å². The number of rotatable bonds is 9. The van der Waals surface area contributed by atoms with E-state index in [1.807, 2.05) is 71.0 Å². The Kier molecular flexibility index (Phi) is 7.33. The fourth-order valence-electron chi connectivity index (χ4n) is 5.98. The lowest BCUT2D eigenvalue weighted by molar-refractivity contribution is -0.166. The predicted molar refractivity (Wildman–Crippen MR) is 150 cm³/mol. The zero-order valence-corrected chi connectivity index (χ0v) is 23.7. The number of carbonyl (C=O) groups excluding carboxylic acids is 2. The van der Waals surface area contributed by atoms with Crippen molar-refractivity contribution in [2.75, 3.05) is 33.4 Å². The standard InChI is InChI=1S/C31H39N3O5/c1-19(2)38-15-9-14-33-18-27(35)34-17-23(21-12-13-25(39-20(3)4)26(16-21)37-6)28-22-10-7-8-11-24(22)32-29(28)31(34,5)30(33)36/h7-8,10-13,16,19-20,23,32H,9,14-15,17-18H2,1-6H3. The molecule has 3 heterocycles. The number of aromatic nitrogens is 1. The average Bonchev–Trinajstić information content (AvgIpc) is 3.30. The second kappa shape index (κ2) is 10.6. The van der Waals surface area contributed by atoms with E-state index in [1.54, 1.807) is 16.9 Å². The van der Waals surface area contributed by atoms with Crippen LogP contribution in [0.25, 0.3) is 10.9 Å². The first-order valence-electron chi connectivity index (χ1n) is 13.8. The van der Waals surface area contributed by atoms with E-state index in [1.165, 1.54) is 0 Å². The summed E-state index contributed by atoms with van der Waals surface area (Å²) < 4.78 is 17.3. The molecule has 8 heteroatoms. The maximum atomic E-state index is 14.1. The van der Waals surface area contributed by atoms with Crippen molar-refractivity contribution in [2.45, 2.75) is 64.7 Å². The van der Waals surface area contributed by atoms with Gasteiger partial charge in [-0.1, -0.05) is 24.3 Å². The minimum Gasteiger partial charge on any atom is -0.493 e. The van der Waals surface area contributed by atoms with Gasteiger partial charge in [0, 0.05) is 36.5 Å². The summed E-state index contributed by atoms with van der Waals surface area (Å²) in [5.41, 5.74) is 2.66. The van der Waals surface area contributed by atoms with E-state index in [4.69, 9.17) is 14.2 Å². The number of H-pyrrole nitrogens is 1. The molecule has 2 aromatic carbocycles. The van der Waals surface area contributed by atoms with Crippen LogP contribution >= 0.6 is 0 Å². The number of para-hydroxylation sites is 1. The Labute approximate surface area is 230 Å². The van der Waals surface area contributed by atoms with Crippen molar-refractivity contribution in [3.05, 3.63) is 59.3 Å². The molecule has 3 aromatic rings. The van der Waals surface area contributed by atoms with E-state index in [-0.39, 0.29) is 36.5 Å². The first-order chi connectivity index (χ1) is 18.6. The highest BCUT2D eigenvalue weighted by molar-refractivity contribution is 6.01. The van der Waals surface area contributed by atoms with Crippen LogP contribution in [-0.4, -0.2) is 72.2 Å². The fraction of sp³-hybridized carbons (Fsp3) is 0.484. The zero-order chi connectivity index (χ0) is 27.9. The van der Waals surface area contributed by atoms with Crippen LogP contribution in [0, 0.1) is 0 Å². The Hall–Kier alpha value is -3.52. The largest absolute Gasteiger partial charge is 0.493 e. The van der Waals surface area contributed by atoms with Crippen molar-refractivity contribution >= 4 is 22.7 Å². The summed E-state index contributed by atoms with van der Waals surface area (Å²) in [7, 11) is 1.63. The third kappa shape index (κ3) is 4.75. The van der Waals surface area contributed by atoms with Gasteiger partial charge < -0.3 is 29.0 Å². The Morgan fingerprint density at radius 1 is 1.05 bits per heavy atom. The molecule has 2 atom stereocenters. The van der Waals surface area contributed by atoms with Crippen molar-refractivity contribution in [1.82, 2.24) is 14.8 Å². The van der Waals surface area contributed by atoms with Gasteiger partial charge in [-0.3, -0.25) is 9.59 Å². The second-order valence-corrected chi connectivity index (χ2v) is 11.2. The van der Waals surface area contributed by atoms with Crippen molar-refractivity contribution in [2.24, 2.45) is 0 Å². The lowest BCUT2D eigenvalue weighted by Crippen LogP contribution is -2.67. The summed E-state index contributed by atoms with van der Waals surface area (Å²) in [6, 6.07) is 14.1. The summed E-state index contributed by atoms with van der Waals surface area (Å²) in [6.07, 6.45) is 0.822. The van der Waals surface area contributed by atoms with Crippen LogP contribution in [0.4, 0.5) is 0 Å². The smallest absolute Gasteiger partial charge is 0.254 e. The Balaban J connectivity index is 1.58. The Morgan fingerprint density at radius 2 is 1.82 bits per heavy atom. The number of methoxy groups -OCH3 is 1. The van der Waals surface area contributed by atoms with Gasteiger partial charge in [-0.15, -0.1) is 0 Å². The summed E-state index contributed by atoms with van der Waals surface area (Å²) >= 11 is 0. The third-order valence-corrected chi connectivity index (χ3v) is 7.79. The van der Waals surface area contributed by atoms with Crippen LogP contribution in [0.1, 0.15) is 63.8 Å². The van der Waals surface area contributed by atoms with Gasteiger partial charge in [0.25, 0.3) is 5.91 Å². The van der Waals surface area contributed by atoms with Crippen molar-refractivity contribution in [1.29, 1.82) is 0 Å². The molecule has 5 rings (SSSR count). The van der Waals surface area contributed by atoms with Crippen molar-refractivity contribution in [3.8, 4) is 11.5 Å². The average molecular weight is 534 g/mol. The van der Waals surface area contributed by atoms with Crippen molar-refractivity contribution < 1.29 is 23.8 Å². The number of hydrogen-bond acceptors (Lipinski definition) is 5. The number of hydrogen-bond donors (Lipinski definition) is 1. The number of fused-ring (bicyclic) bond motifs is 5. The molecule has 2 aliphatic heterocycles. The molecule has 1 N–H and O–H groups in total. The van der Waals surface area contributed by atoms with Gasteiger partial charge in [-0.05, 0) is 70.4 Å². The molecule has 2 amide bonds. The lowest BCUT2D eigenvalue weighted by Gasteiger charge is -2.51. The SMILES string of the molecule is COc1cc(C2CN3C(=O)CN(CCCOC(C)C)C(=O)C3(C)c3[nH]c4ccccc4c32)ccc1OC(C)C. The normalized spacial score (nSPS) is 21.1. The van der Waals surface area contributed by atoms with Gasteiger partial charge in [0.15, 0.2) is 17.0 Å². The Bertz CT molecular complexity index is 1380. The van der Waals surface area contributed by atoms with Gasteiger partial charge >= 0.3 is 0 Å². The van der Waals surface area contributed by atoms with Gasteiger partial charge in [0.05, 0.1) is 31.6 Å². The number of amides is 2. The molecule has 8 nitrogen and oxygen atoms in total. The highest BCUT2D eigenvalue weighted by Crippen LogP contribution is 2.49. The fourth-order valence-corrected chi connectivity index (χ4v) is 5.98. The highest BCUT2D eigenvalue weighted by Gasteiger charge is 2.56. The first-order valence-corrected chi connectivity index (χ1v) is 13.8. The van der Waals surface area contributed by atoms with Gasteiger partial charge in [0.2, 0.25) is 5.91 Å². The predicted octanol–water partition coefficient (Wildman–Crippen LogP) is 4.81. The van der Waals surface area contributed by atoms with E-state index in [2.05, 4.69) is 11.1 Å². The number of ether oxygens (including phenoxy) is 3. The van der Waals surface area contributed by atoms with Crippen LogP contribution in [0.5, 0.6) is 11.5 Å². The van der Waals surface area contributed by atoms with Crippen LogP contribution in [0.15, 0.2) is 42.5 Å². The summed E-state index contributed by atoms with van der Waals surface area (Å²) in [4.78, 5) is 34.8. The van der Waals surface area contributed by atoms with Gasteiger partial charge in [-0.2, -0.15) is 0 Å². The zero-order valence-electron chi connectivity index (χ0n) is 23.7. The molecular weight excluding hydrogens is 494 g/mol. The summed E-state index contributed by atoms with van der Waals surface area (Å²) in [5, 5.41) is 1.06. The van der Waals surface area contributed by atoms with Crippen molar-refractivity contribution in [3.63, 3.8) is 0 Å². The Morgan fingerprint density at radius 3 is 2.54 bits per heavy atom. The maximum absolute atomic E-state index is 14.1. The highest BCUT2D eigenvalue weighted by atomic mass is 16.5. The van der Waals surface area contributed by atoms with E-state index < -0.39 is 5.54 Å². The summed E-state index contributed by atoms with van der Waals surface area (Å²) in [6.45, 7) is 11.3. The van der Waals surface area contributed by atoms with E-state index in [0.717, 1.165) is 27.7 Å². The maximum Gasteiger partial charge on any atom is 0.254 e. The van der Waals surface area contributed by atoms with Crippen LogP contribution < -0.4 is 9.47 Å². The molecule has 1 fully saturated rings. The number of piperazine rings is 1.